The highest BCUT2D eigenvalue weighted by Gasteiger charge is 2.34. The van der Waals surface area contributed by atoms with Gasteiger partial charge in [-0.25, -0.2) is 8.42 Å². The Kier molecular flexibility index (Phi) is 4.77. The van der Waals surface area contributed by atoms with Crippen molar-refractivity contribution in [1.82, 2.24) is 13.8 Å². The molecule has 1 aliphatic heterocycles. The van der Waals surface area contributed by atoms with Crippen molar-refractivity contribution in [2.45, 2.75) is 43.9 Å². The van der Waals surface area contributed by atoms with Crippen LogP contribution in [0.15, 0.2) is 17.2 Å². The van der Waals surface area contributed by atoms with Crippen LogP contribution in [0.2, 0.25) is 0 Å². The summed E-state index contributed by atoms with van der Waals surface area (Å²) in [6, 6.07) is 1.96. The van der Waals surface area contributed by atoms with Crippen LogP contribution in [0.3, 0.4) is 0 Å². The Morgan fingerprint density at radius 2 is 2.10 bits per heavy atom. The maximum absolute atomic E-state index is 12.7. The first-order valence-electron chi connectivity index (χ1n) is 7.25. The average molecular weight is 315 g/mol. The smallest absolute Gasteiger partial charge is 0.244 e. The van der Waals surface area contributed by atoms with Crippen molar-refractivity contribution in [2.75, 3.05) is 27.2 Å². The number of aliphatic hydroxyl groups excluding tert-OH is 1. The molecule has 0 aromatic carbocycles. The molecule has 1 aliphatic rings. The maximum atomic E-state index is 12.7. The molecule has 0 aliphatic carbocycles. The molecule has 1 saturated heterocycles. The van der Waals surface area contributed by atoms with E-state index in [4.69, 9.17) is 0 Å². The molecule has 1 aromatic rings. The van der Waals surface area contributed by atoms with Gasteiger partial charge in [0.05, 0.1) is 6.61 Å². The first kappa shape index (κ1) is 16.5. The molecule has 0 radical (unpaired) electrons. The lowest BCUT2D eigenvalue weighted by atomic mass is 10.2. The molecule has 1 fully saturated rings. The highest BCUT2D eigenvalue weighted by Crippen LogP contribution is 2.26. The van der Waals surface area contributed by atoms with Gasteiger partial charge in [-0.2, -0.15) is 4.31 Å². The Morgan fingerprint density at radius 1 is 1.43 bits per heavy atom. The molecule has 1 unspecified atom stereocenters. The first-order chi connectivity index (χ1) is 9.77. The summed E-state index contributed by atoms with van der Waals surface area (Å²) in [4.78, 5) is 2.34. The summed E-state index contributed by atoms with van der Waals surface area (Å²) >= 11 is 0. The lowest BCUT2D eigenvalue weighted by molar-refractivity contribution is 0.268. The van der Waals surface area contributed by atoms with E-state index >= 15 is 0 Å². The molecule has 2 rings (SSSR count). The van der Waals surface area contributed by atoms with Crippen LogP contribution in [0.5, 0.6) is 0 Å². The predicted octanol–water partition coefficient (Wildman–Crippen LogP) is 0.886. The molecule has 6 nitrogen and oxygen atoms in total. The number of aliphatic hydroxyl groups is 1. The van der Waals surface area contributed by atoms with E-state index in [0.717, 1.165) is 6.42 Å². The van der Waals surface area contributed by atoms with E-state index in [-0.39, 0.29) is 23.6 Å². The van der Waals surface area contributed by atoms with Crippen LogP contribution in [0, 0.1) is 0 Å². The monoisotopic (exact) mass is 315 g/mol. The molecule has 1 N–H and O–H groups in total. The number of hydrogen-bond donors (Lipinski definition) is 1. The molecule has 120 valence electrons. The van der Waals surface area contributed by atoms with E-state index in [0.29, 0.717) is 18.8 Å². The van der Waals surface area contributed by atoms with Gasteiger partial charge in [0.2, 0.25) is 10.0 Å². The number of likely N-dealkylation sites (N-methyl/N-ethyl adjacent to an activating group) is 1. The zero-order valence-corrected chi connectivity index (χ0v) is 14.0. The van der Waals surface area contributed by atoms with Gasteiger partial charge in [0.25, 0.3) is 0 Å². The van der Waals surface area contributed by atoms with Gasteiger partial charge in [-0.1, -0.05) is 0 Å². The Labute approximate surface area is 127 Å². The van der Waals surface area contributed by atoms with Crippen molar-refractivity contribution in [2.24, 2.45) is 0 Å². The van der Waals surface area contributed by atoms with Crippen molar-refractivity contribution < 1.29 is 13.5 Å². The fraction of sp³-hybridized carbons (Fsp3) is 0.714. The summed E-state index contributed by atoms with van der Waals surface area (Å²) in [7, 11) is 0.469. The van der Waals surface area contributed by atoms with Gasteiger partial charge in [-0.15, -0.1) is 0 Å². The third kappa shape index (κ3) is 3.15. The molecule has 0 saturated carbocycles. The highest BCUT2D eigenvalue weighted by atomic mass is 32.2. The van der Waals surface area contributed by atoms with Crippen molar-refractivity contribution in [1.29, 1.82) is 0 Å². The van der Waals surface area contributed by atoms with E-state index < -0.39 is 10.0 Å². The number of rotatable bonds is 5. The molecule has 0 spiro atoms. The minimum absolute atomic E-state index is 0.115. The zero-order chi connectivity index (χ0) is 15.8. The maximum Gasteiger partial charge on any atom is 0.244 e. The standard InChI is InChI=1S/C14H25N3O3S/c1-11(2)17-9-14(7-13(17)10-18)21(19,20)16-6-5-12(8-16)15(3)4/h7,9,11-12,18H,5-6,8,10H2,1-4H3. The highest BCUT2D eigenvalue weighted by molar-refractivity contribution is 7.89. The average Bonchev–Trinajstić information content (AvgIpc) is 3.06. The van der Waals surface area contributed by atoms with Crippen LogP contribution in [0.1, 0.15) is 32.0 Å². The fourth-order valence-corrected chi connectivity index (χ4v) is 4.29. The Balaban J connectivity index is 2.28. The van der Waals surface area contributed by atoms with Crippen molar-refractivity contribution in [3.05, 3.63) is 18.0 Å². The largest absolute Gasteiger partial charge is 0.390 e. The third-order valence-corrected chi connectivity index (χ3v) is 5.95. The van der Waals surface area contributed by atoms with E-state index in [1.165, 1.54) is 0 Å². The van der Waals surface area contributed by atoms with Crippen molar-refractivity contribution >= 4 is 10.0 Å². The van der Waals surface area contributed by atoms with Crippen molar-refractivity contribution in [3.63, 3.8) is 0 Å². The van der Waals surface area contributed by atoms with E-state index in [1.54, 1.807) is 16.6 Å². The van der Waals surface area contributed by atoms with E-state index in [2.05, 4.69) is 4.90 Å². The minimum Gasteiger partial charge on any atom is -0.390 e. The Morgan fingerprint density at radius 3 is 2.52 bits per heavy atom. The second-order valence-electron chi connectivity index (χ2n) is 6.10. The van der Waals surface area contributed by atoms with Gasteiger partial charge in [0.1, 0.15) is 4.90 Å². The summed E-state index contributed by atoms with van der Waals surface area (Å²) in [6.45, 7) is 4.85. The lowest BCUT2D eigenvalue weighted by Gasteiger charge is -2.20. The predicted molar refractivity (Wildman–Crippen MR) is 81.6 cm³/mol. The second kappa shape index (κ2) is 6.08. The molecule has 0 bridgehead atoms. The topological polar surface area (TPSA) is 65.8 Å². The fourth-order valence-electron chi connectivity index (χ4n) is 2.74. The van der Waals surface area contributed by atoms with Gasteiger partial charge in [-0.05, 0) is 40.4 Å². The van der Waals surface area contributed by atoms with Crippen LogP contribution in [0.25, 0.3) is 0 Å². The van der Waals surface area contributed by atoms with E-state index in [1.807, 2.05) is 32.5 Å². The number of sulfonamides is 1. The van der Waals surface area contributed by atoms with Gasteiger partial charge >= 0.3 is 0 Å². The number of hydrogen-bond acceptors (Lipinski definition) is 4. The molecular weight excluding hydrogens is 290 g/mol. The number of nitrogens with zero attached hydrogens (tertiary/aromatic N) is 3. The summed E-state index contributed by atoms with van der Waals surface area (Å²) in [6.07, 6.45) is 2.48. The van der Waals surface area contributed by atoms with Crippen LogP contribution < -0.4 is 0 Å². The molecule has 1 atom stereocenters. The van der Waals surface area contributed by atoms with Crippen molar-refractivity contribution in [3.8, 4) is 0 Å². The summed E-state index contributed by atoms with van der Waals surface area (Å²) in [5.74, 6) is 0. The molecule has 7 heteroatoms. The Hall–Kier alpha value is -0.890. The first-order valence-corrected chi connectivity index (χ1v) is 8.69. The molecular formula is C14H25N3O3S. The SMILES string of the molecule is CC(C)n1cc(S(=O)(=O)N2CCC(N(C)C)C2)cc1CO. The molecule has 21 heavy (non-hydrogen) atoms. The Bertz CT molecular complexity index is 593. The summed E-state index contributed by atoms with van der Waals surface area (Å²) in [5, 5.41) is 9.39. The summed E-state index contributed by atoms with van der Waals surface area (Å²) in [5.41, 5.74) is 0.631. The van der Waals surface area contributed by atoms with Crippen LogP contribution in [-0.4, -0.2) is 60.5 Å². The van der Waals surface area contributed by atoms with Gasteiger partial charge in [0, 0.05) is 37.1 Å². The lowest BCUT2D eigenvalue weighted by Crippen LogP contribution is -2.34. The van der Waals surface area contributed by atoms with Crippen LogP contribution >= 0.6 is 0 Å². The normalized spacial score (nSPS) is 20.8. The van der Waals surface area contributed by atoms with Gasteiger partial charge < -0.3 is 14.6 Å². The number of aromatic nitrogens is 1. The minimum atomic E-state index is -3.48. The quantitative estimate of drug-likeness (QED) is 0.876. The summed E-state index contributed by atoms with van der Waals surface area (Å²) < 4.78 is 28.8. The third-order valence-electron chi connectivity index (χ3n) is 4.12. The van der Waals surface area contributed by atoms with Crippen LogP contribution in [0.4, 0.5) is 0 Å². The van der Waals surface area contributed by atoms with Gasteiger partial charge in [-0.3, -0.25) is 0 Å². The second-order valence-corrected chi connectivity index (χ2v) is 8.03. The molecule has 0 amide bonds. The molecule has 1 aromatic heterocycles. The van der Waals surface area contributed by atoms with Gasteiger partial charge in [0.15, 0.2) is 0 Å². The zero-order valence-electron chi connectivity index (χ0n) is 13.2. The van der Waals surface area contributed by atoms with E-state index in [9.17, 15) is 13.5 Å². The van der Waals surface area contributed by atoms with Crippen LogP contribution in [-0.2, 0) is 16.6 Å². The molecule has 2 heterocycles.